The Morgan fingerprint density at radius 1 is 1.00 bits per heavy atom. The number of fused-ring (bicyclic) bond motifs is 1. The maximum absolute atomic E-state index is 13.3. The summed E-state index contributed by atoms with van der Waals surface area (Å²) in [6.45, 7) is 0. The average molecular weight is 349 g/mol. The molecule has 2 aromatic carbocycles. The molecule has 4 aromatic rings. The van der Waals surface area contributed by atoms with Crippen LogP contribution in [0.15, 0.2) is 59.4 Å². The minimum absolute atomic E-state index is 0.254. The van der Waals surface area contributed by atoms with Gasteiger partial charge in [0.05, 0.1) is 4.53 Å². The zero-order valence-electron chi connectivity index (χ0n) is 13.0. The van der Waals surface area contributed by atoms with Crippen LogP contribution in [0.4, 0.5) is 4.39 Å². The zero-order chi connectivity index (χ0) is 17.2. The van der Waals surface area contributed by atoms with Crippen molar-refractivity contribution in [1.82, 2.24) is 14.6 Å². The molecule has 0 aliphatic heterocycles. The second-order valence-electron chi connectivity index (χ2n) is 5.38. The second-order valence-corrected chi connectivity index (χ2v) is 6.39. The fraction of sp³-hybridized carbons (Fsp3) is 0. The highest BCUT2D eigenvalue weighted by molar-refractivity contribution is 7.15. The molecule has 2 heterocycles. The molecule has 0 amide bonds. The van der Waals surface area contributed by atoms with Crippen molar-refractivity contribution in [3.8, 4) is 0 Å². The van der Waals surface area contributed by atoms with Gasteiger partial charge in [-0.25, -0.2) is 4.39 Å². The fourth-order valence-electron chi connectivity index (χ4n) is 2.40. The fourth-order valence-corrected chi connectivity index (χ4v) is 3.32. The Kier molecular flexibility index (Phi) is 3.95. The van der Waals surface area contributed by atoms with Crippen molar-refractivity contribution in [2.45, 2.75) is 0 Å². The Hall–Kier alpha value is -3.12. The van der Waals surface area contributed by atoms with Crippen molar-refractivity contribution < 1.29 is 4.39 Å². The number of benzene rings is 2. The molecule has 25 heavy (non-hydrogen) atoms. The van der Waals surface area contributed by atoms with Crippen molar-refractivity contribution >= 4 is 34.5 Å². The van der Waals surface area contributed by atoms with E-state index in [0.29, 0.717) is 20.9 Å². The average Bonchev–Trinajstić information content (AvgIpc) is 3.14. The molecule has 0 saturated heterocycles. The molecule has 0 unspecified atom stereocenters. The molecule has 0 aliphatic rings. The van der Waals surface area contributed by atoms with Gasteiger partial charge >= 0.3 is 0 Å². The first-order valence-corrected chi connectivity index (χ1v) is 8.41. The molecule has 4 rings (SSSR count). The summed E-state index contributed by atoms with van der Waals surface area (Å²) in [6.07, 6.45) is 5.31. The van der Waals surface area contributed by atoms with Crippen LogP contribution in [0.1, 0.15) is 17.0 Å². The van der Waals surface area contributed by atoms with Gasteiger partial charge in [0.2, 0.25) is 4.96 Å². The van der Waals surface area contributed by atoms with E-state index in [0.717, 1.165) is 5.56 Å². The Morgan fingerprint density at radius 2 is 1.80 bits per heavy atom. The predicted molar refractivity (Wildman–Crippen MR) is 97.7 cm³/mol. The number of aromatic nitrogens is 3. The van der Waals surface area contributed by atoms with Crippen molar-refractivity contribution in [2.75, 3.05) is 0 Å². The zero-order valence-corrected chi connectivity index (χ0v) is 13.8. The van der Waals surface area contributed by atoms with Gasteiger partial charge in [-0.3, -0.25) is 4.79 Å². The van der Waals surface area contributed by atoms with Gasteiger partial charge in [0.15, 0.2) is 5.82 Å². The molecule has 0 fully saturated rings. The lowest BCUT2D eigenvalue weighted by atomic mass is 10.2. The van der Waals surface area contributed by atoms with Gasteiger partial charge in [-0.1, -0.05) is 59.9 Å². The van der Waals surface area contributed by atoms with E-state index in [9.17, 15) is 9.18 Å². The van der Waals surface area contributed by atoms with Crippen LogP contribution in [0.25, 0.3) is 23.2 Å². The molecule has 0 atom stereocenters. The standard InChI is InChI=1S/C19H12FN3OS/c20-15-8-4-7-14(11-15)12-16-18(24)23-19(25-16)21-17(22-23)10-9-13-5-2-1-3-6-13/h1-12H/b10-9+,16-12-. The quantitative estimate of drug-likeness (QED) is 0.571. The van der Waals surface area contributed by atoms with E-state index < -0.39 is 0 Å². The van der Waals surface area contributed by atoms with Gasteiger partial charge in [0.1, 0.15) is 5.82 Å². The normalized spacial score (nSPS) is 12.4. The summed E-state index contributed by atoms with van der Waals surface area (Å²) < 4.78 is 15.0. The molecule has 0 radical (unpaired) electrons. The highest BCUT2D eigenvalue weighted by Crippen LogP contribution is 2.08. The molecule has 6 heteroatoms. The summed E-state index contributed by atoms with van der Waals surface area (Å²) in [5, 5.41) is 4.23. The van der Waals surface area contributed by atoms with Crippen LogP contribution in [0, 0.1) is 5.82 Å². The van der Waals surface area contributed by atoms with Gasteiger partial charge in [0.25, 0.3) is 5.56 Å². The van der Waals surface area contributed by atoms with Crippen LogP contribution in [-0.2, 0) is 0 Å². The van der Waals surface area contributed by atoms with Gasteiger partial charge in [0, 0.05) is 0 Å². The molecular formula is C19H12FN3OS. The topological polar surface area (TPSA) is 47.3 Å². The van der Waals surface area contributed by atoms with Gasteiger partial charge in [-0.2, -0.15) is 9.50 Å². The molecule has 0 saturated carbocycles. The summed E-state index contributed by atoms with van der Waals surface area (Å²) in [4.78, 5) is 17.3. The van der Waals surface area contributed by atoms with Crippen LogP contribution in [0.2, 0.25) is 0 Å². The smallest absolute Gasteiger partial charge is 0.266 e. The van der Waals surface area contributed by atoms with E-state index in [1.54, 1.807) is 24.3 Å². The third-order valence-electron chi connectivity index (χ3n) is 3.57. The first-order chi connectivity index (χ1) is 12.2. The summed E-state index contributed by atoms with van der Waals surface area (Å²) in [6, 6.07) is 15.9. The van der Waals surface area contributed by atoms with E-state index >= 15 is 0 Å². The highest BCUT2D eigenvalue weighted by Gasteiger charge is 2.08. The lowest BCUT2D eigenvalue weighted by Gasteiger charge is -1.91. The molecule has 0 bridgehead atoms. The van der Waals surface area contributed by atoms with E-state index in [4.69, 9.17) is 0 Å². The molecule has 122 valence electrons. The first kappa shape index (κ1) is 15.4. The summed E-state index contributed by atoms with van der Waals surface area (Å²) >= 11 is 1.23. The van der Waals surface area contributed by atoms with E-state index in [-0.39, 0.29) is 11.4 Å². The second kappa shape index (κ2) is 6.41. The van der Waals surface area contributed by atoms with Crippen LogP contribution >= 0.6 is 11.3 Å². The Bertz CT molecular complexity index is 1180. The SMILES string of the molecule is O=c1/c(=C/c2cccc(F)c2)sc2nc(/C=C/c3ccccc3)nn12. The maximum Gasteiger partial charge on any atom is 0.291 e. The van der Waals surface area contributed by atoms with E-state index in [1.165, 1.54) is 28.0 Å². The number of rotatable bonds is 3. The molecule has 4 nitrogen and oxygen atoms in total. The summed E-state index contributed by atoms with van der Waals surface area (Å²) in [5.74, 6) is 0.138. The minimum Gasteiger partial charge on any atom is -0.266 e. The van der Waals surface area contributed by atoms with Gasteiger partial charge in [-0.15, -0.1) is 5.10 Å². The molecule has 0 N–H and O–H groups in total. The maximum atomic E-state index is 13.3. The van der Waals surface area contributed by atoms with Crippen LogP contribution in [0.3, 0.4) is 0 Å². The number of thiazole rings is 1. The van der Waals surface area contributed by atoms with E-state index in [2.05, 4.69) is 10.1 Å². The third-order valence-corrected chi connectivity index (χ3v) is 4.53. The van der Waals surface area contributed by atoms with Crippen molar-refractivity contribution in [1.29, 1.82) is 0 Å². The molecule has 2 aromatic heterocycles. The number of nitrogens with zero attached hydrogens (tertiary/aromatic N) is 3. The predicted octanol–water partition coefficient (Wildman–Crippen LogP) is 3.01. The van der Waals surface area contributed by atoms with Crippen LogP contribution in [0.5, 0.6) is 0 Å². The Labute approximate surface area is 146 Å². The monoisotopic (exact) mass is 349 g/mol. The van der Waals surface area contributed by atoms with Crippen molar-refractivity contribution in [2.24, 2.45) is 0 Å². The first-order valence-electron chi connectivity index (χ1n) is 7.59. The summed E-state index contributed by atoms with van der Waals surface area (Å²) in [7, 11) is 0. The van der Waals surface area contributed by atoms with Gasteiger partial charge in [-0.05, 0) is 35.4 Å². The van der Waals surface area contributed by atoms with Gasteiger partial charge < -0.3 is 0 Å². The molecular weight excluding hydrogens is 337 g/mol. The lowest BCUT2D eigenvalue weighted by Crippen LogP contribution is -2.23. The number of halogens is 1. The largest absolute Gasteiger partial charge is 0.291 e. The third kappa shape index (κ3) is 3.25. The molecule has 0 spiro atoms. The van der Waals surface area contributed by atoms with Crippen LogP contribution < -0.4 is 10.1 Å². The number of hydrogen-bond acceptors (Lipinski definition) is 4. The Balaban J connectivity index is 1.70. The highest BCUT2D eigenvalue weighted by atomic mass is 32.1. The van der Waals surface area contributed by atoms with E-state index in [1.807, 2.05) is 36.4 Å². The number of hydrogen-bond donors (Lipinski definition) is 0. The lowest BCUT2D eigenvalue weighted by molar-refractivity contribution is 0.627. The Morgan fingerprint density at radius 3 is 2.56 bits per heavy atom. The minimum atomic E-state index is -0.339. The summed E-state index contributed by atoms with van der Waals surface area (Å²) in [5.41, 5.74) is 1.41. The van der Waals surface area contributed by atoms with Crippen molar-refractivity contribution in [3.05, 3.63) is 92.3 Å². The van der Waals surface area contributed by atoms with Crippen molar-refractivity contribution in [3.63, 3.8) is 0 Å². The molecule has 0 aliphatic carbocycles. The van der Waals surface area contributed by atoms with Crippen LogP contribution in [-0.4, -0.2) is 14.6 Å².